The molecular formula is C24H32N2O6S. The summed E-state index contributed by atoms with van der Waals surface area (Å²) in [6.45, 7) is 6.44. The van der Waals surface area contributed by atoms with Gasteiger partial charge in [0.1, 0.15) is 18.5 Å². The molecule has 8 nitrogen and oxygen atoms in total. The number of nitrogens with zero attached hydrogens (tertiary/aromatic N) is 2. The lowest BCUT2D eigenvalue weighted by Gasteiger charge is -2.34. The molecule has 9 heteroatoms. The minimum Gasteiger partial charge on any atom is -0.491 e. The number of aliphatic hydroxyl groups excluding tert-OH is 1. The zero-order valence-electron chi connectivity index (χ0n) is 19.3. The second-order valence-corrected chi connectivity index (χ2v) is 10.3. The van der Waals surface area contributed by atoms with Crippen LogP contribution in [0.4, 0.5) is 0 Å². The lowest BCUT2D eigenvalue weighted by atomic mass is 10.0. The highest BCUT2D eigenvalue weighted by Gasteiger charge is 2.29. The number of hydrogen-bond acceptors (Lipinski definition) is 7. The SMILES string of the molecule is COC(=O)c1ccc(OC[C@@H](O)CN2CCN(S(=O)(=O)c3ccc(C(C)C)cc3)CC2)cc1. The molecule has 0 amide bonds. The molecule has 180 valence electrons. The predicted molar refractivity (Wildman–Crippen MR) is 125 cm³/mol. The van der Waals surface area contributed by atoms with Crippen molar-refractivity contribution in [2.45, 2.75) is 30.8 Å². The predicted octanol–water partition coefficient (Wildman–Crippen LogP) is 2.34. The third kappa shape index (κ3) is 6.54. The molecule has 2 aromatic carbocycles. The molecule has 33 heavy (non-hydrogen) atoms. The Morgan fingerprint density at radius 1 is 1.00 bits per heavy atom. The first-order valence-corrected chi connectivity index (χ1v) is 12.5. The van der Waals surface area contributed by atoms with E-state index >= 15 is 0 Å². The van der Waals surface area contributed by atoms with Crippen molar-refractivity contribution < 1.29 is 27.8 Å². The van der Waals surface area contributed by atoms with Gasteiger partial charge in [-0.1, -0.05) is 26.0 Å². The Morgan fingerprint density at radius 3 is 2.15 bits per heavy atom. The normalized spacial score (nSPS) is 16.5. The van der Waals surface area contributed by atoms with Crippen molar-refractivity contribution in [1.29, 1.82) is 0 Å². The van der Waals surface area contributed by atoms with E-state index in [0.29, 0.717) is 54.9 Å². The molecular weight excluding hydrogens is 444 g/mol. The zero-order chi connectivity index (χ0) is 24.0. The first-order chi connectivity index (χ1) is 15.7. The minimum atomic E-state index is -3.53. The van der Waals surface area contributed by atoms with Crippen molar-refractivity contribution in [3.63, 3.8) is 0 Å². The largest absolute Gasteiger partial charge is 0.491 e. The molecule has 1 aliphatic rings. The van der Waals surface area contributed by atoms with Crippen LogP contribution in [0.5, 0.6) is 5.75 Å². The van der Waals surface area contributed by atoms with Crippen molar-refractivity contribution in [3.05, 3.63) is 59.7 Å². The zero-order valence-corrected chi connectivity index (χ0v) is 20.1. The first kappa shape index (κ1) is 25.2. The summed E-state index contributed by atoms with van der Waals surface area (Å²) in [6, 6.07) is 13.6. The van der Waals surface area contributed by atoms with E-state index in [1.54, 1.807) is 36.4 Å². The Morgan fingerprint density at radius 2 is 1.61 bits per heavy atom. The number of methoxy groups -OCH3 is 1. The van der Waals surface area contributed by atoms with Crippen LogP contribution in [0.1, 0.15) is 35.7 Å². The van der Waals surface area contributed by atoms with Gasteiger partial charge >= 0.3 is 5.97 Å². The molecule has 1 fully saturated rings. The number of aliphatic hydroxyl groups is 1. The highest BCUT2D eigenvalue weighted by atomic mass is 32.2. The molecule has 3 rings (SSSR count). The molecule has 2 aromatic rings. The molecule has 0 radical (unpaired) electrons. The fourth-order valence-corrected chi connectivity index (χ4v) is 5.10. The Balaban J connectivity index is 1.46. The second-order valence-electron chi connectivity index (χ2n) is 8.41. The van der Waals surface area contributed by atoms with Crippen molar-refractivity contribution in [3.8, 4) is 5.75 Å². The van der Waals surface area contributed by atoms with E-state index in [0.717, 1.165) is 5.56 Å². The summed E-state index contributed by atoms with van der Waals surface area (Å²) >= 11 is 0. The van der Waals surface area contributed by atoms with Gasteiger partial charge in [0.15, 0.2) is 0 Å². The number of piperazine rings is 1. The number of sulfonamides is 1. The van der Waals surface area contributed by atoms with Crippen LogP contribution in [0.25, 0.3) is 0 Å². The van der Waals surface area contributed by atoms with Crippen molar-refractivity contribution in [1.82, 2.24) is 9.21 Å². The number of hydrogen-bond donors (Lipinski definition) is 1. The summed E-state index contributed by atoms with van der Waals surface area (Å²) in [5, 5.41) is 10.3. The van der Waals surface area contributed by atoms with Gasteiger partial charge in [0, 0.05) is 32.7 Å². The number of carbonyl (C=O) groups excluding carboxylic acids is 1. The van der Waals surface area contributed by atoms with Crippen LogP contribution in [0.15, 0.2) is 53.4 Å². The van der Waals surface area contributed by atoms with Crippen LogP contribution in [0.3, 0.4) is 0 Å². The summed E-state index contributed by atoms with van der Waals surface area (Å²) in [5.41, 5.74) is 1.53. The van der Waals surface area contributed by atoms with E-state index in [-0.39, 0.29) is 6.61 Å². The highest BCUT2D eigenvalue weighted by molar-refractivity contribution is 7.89. The van der Waals surface area contributed by atoms with Gasteiger partial charge in [-0.05, 0) is 47.9 Å². The van der Waals surface area contributed by atoms with Gasteiger partial charge in [-0.25, -0.2) is 13.2 Å². The first-order valence-electron chi connectivity index (χ1n) is 11.0. The summed E-state index contributed by atoms with van der Waals surface area (Å²) in [5.74, 6) is 0.469. The molecule has 0 unspecified atom stereocenters. The number of carbonyl (C=O) groups is 1. The van der Waals surface area contributed by atoms with E-state index in [2.05, 4.69) is 18.6 Å². The summed E-state index contributed by atoms with van der Waals surface area (Å²) in [7, 11) is -2.21. The molecule has 0 bridgehead atoms. The van der Waals surface area contributed by atoms with E-state index in [9.17, 15) is 18.3 Å². The molecule has 1 heterocycles. The average molecular weight is 477 g/mol. The Bertz CT molecular complexity index is 1010. The monoisotopic (exact) mass is 476 g/mol. The van der Waals surface area contributed by atoms with Crippen LogP contribution in [-0.4, -0.2) is 81.2 Å². The quantitative estimate of drug-likeness (QED) is 0.555. The van der Waals surface area contributed by atoms with Crippen LogP contribution < -0.4 is 4.74 Å². The minimum absolute atomic E-state index is 0.0955. The van der Waals surface area contributed by atoms with Crippen LogP contribution in [-0.2, 0) is 14.8 Å². The molecule has 0 saturated carbocycles. The van der Waals surface area contributed by atoms with Gasteiger partial charge in [0.25, 0.3) is 0 Å². The molecule has 1 saturated heterocycles. The number of esters is 1. The maximum Gasteiger partial charge on any atom is 0.337 e. The highest BCUT2D eigenvalue weighted by Crippen LogP contribution is 2.21. The standard InChI is InChI=1S/C24H32N2O6S/c1-18(2)19-6-10-23(11-7-19)33(29,30)26-14-12-25(13-15-26)16-21(27)17-32-22-8-4-20(5-9-22)24(28)31-3/h4-11,18,21,27H,12-17H2,1-3H3/t21-/m0/s1. The number of benzene rings is 2. The van der Waals surface area contributed by atoms with Gasteiger partial charge in [0.05, 0.1) is 17.6 Å². The molecule has 1 aliphatic heterocycles. The lowest BCUT2D eigenvalue weighted by Crippen LogP contribution is -2.50. The topological polar surface area (TPSA) is 96.4 Å². The molecule has 0 aliphatic carbocycles. The maximum absolute atomic E-state index is 13.0. The Labute approximate surface area is 195 Å². The van der Waals surface area contributed by atoms with Crippen LogP contribution in [0, 0.1) is 0 Å². The third-order valence-corrected chi connectivity index (χ3v) is 7.62. The number of β-amino-alcohol motifs (C(OH)–C–C–N with tert-alkyl or cyclic N) is 1. The van der Waals surface area contributed by atoms with Gasteiger partial charge in [-0.2, -0.15) is 4.31 Å². The summed E-state index contributed by atoms with van der Waals surface area (Å²) in [4.78, 5) is 13.8. The van der Waals surface area contributed by atoms with Gasteiger partial charge < -0.3 is 14.6 Å². The van der Waals surface area contributed by atoms with Gasteiger partial charge in [0.2, 0.25) is 10.0 Å². The number of ether oxygens (including phenoxy) is 2. The number of rotatable bonds is 9. The van der Waals surface area contributed by atoms with Crippen molar-refractivity contribution >= 4 is 16.0 Å². The van der Waals surface area contributed by atoms with E-state index in [1.165, 1.54) is 11.4 Å². The summed E-state index contributed by atoms with van der Waals surface area (Å²) in [6.07, 6.45) is -0.725. The Hall–Kier alpha value is -2.46. The maximum atomic E-state index is 13.0. The van der Waals surface area contributed by atoms with E-state index in [4.69, 9.17) is 4.74 Å². The molecule has 0 spiro atoms. The van der Waals surface area contributed by atoms with Gasteiger partial charge in [-0.3, -0.25) is 4.90 Å². The van der Waals surface area contributed by atoms with E-state index < -0.39 is 22.1 Å². The van der Waals surface area contributed by atoms with Crippen molar-refractivity contribution in [2.75, 3.05) is 46.4 Å². The fourth-order valence-electron chi connectivity index (χ4n) is 3.67. The molecule has 0 aromatic heterocycles. The molecule has 1 N–H and O–H groups in total. The fraction of sp³-hybridized carbons (Fsp3) is 0.458. The second kappa shape index (κ2) is 11.1. The Kier molecular flexibility index (Phi) is 8.47. The van der Waals surface area contributed by atoms with Crippen LogP contribution >= 0.6 is 0 Å². The lowest BCUT2D eigenvalue weighted by molar-refractivity contribution is 0.0566. The van der Waals surface area contributed by atoms with Crippen LogP contribution in [0.2, 0.25) is 0 Å². The van der Waals surface area contributed by atoms with E-state index in [1.807, 2.05) is 17.0 Å². The summed E-state index contributed by atoms with van der Waals surface area (Å²) < 4.78 is 37.7. The molecule has 1 atom stereocenters. The smallest absolute Gasteiger partial charge is 0.337 e. The van der Waals surface area contributed by atoms with Crippen molar-refractivity contribution in [2.24, 2.45) is 0 Å². The third-order valence-electron chi connectivity index (χ3n) is 5.70. The average Bonchev–Trinajstić information content (AvgIpc) is 2.83. The van der Waals surface area contributed by atoms with Gasteiger partial charge in [-0.15, -0.1) is 0 Å².